The van der Waals surface area contributed by atoms with Crippen molar-refractivity contribution in [3.05, 3.63) is 35.9 Å². The Morgan fingerprint density at radius 3 is 2.43 bits per heavy atom. The molecule has 1 aliphatic carbocycles. The van der Waals surface area contributed by atoms with Crippen LogP contribution in [0.4, 0.5) is 0 Å². The zero-order valence-electron chi connectivity index (χ0n) is 18.0. The molecule has 162 valence electrons. The summed E-state index contributed by atoms with van der Waals surface area (Å²) >= 11 is 0. The van der Waals surface area contributed by atoms with Crippen molar-refractivity contribution in [3.8, 4) is 0 Å². The van der Waals surface area contributed by atoms with E-state index in [0.717, 1.165) is 37.9 Å². The number of rotatable bonds is 6. The van der Waals surface area contributed by atoms with Crippen molar-refractivity contribution in [1.29, 1.82) is 0 Å². The standard InChI is InChI=1S/C24H33N3O3/c1-2-3-14-25-16-17-27(23(30)22(25)29)20(19-9-5-4-6-10-19)21(28)26-15-13-24(18-26)11-7-8-12-24/h4-6,9-10,20H,2-3,7-8,11-18H2,1H3. The molecular formula is C24H33N3O3. The van der Waals surface area contributed by atoms with E-state index in [9.17, 15) is 14.4 Å². The fourth-order valence-electron chi connectivity index (χ4n) is 5.42. The Kier molecular flexibility index (Phi) is 6.11. The number of unbranched alkanes of at least 4 members (excludes halogenated alkanes) is 1. The highest BCUT2D eigenvalue weighted by Crippen LogP contribution is 2.46. The van der Waals surface area contributed by atoms with Crippen LogP contribution in [0.1, 0.15) is 63.5 Å². The highest BCUT2D eigenvalue weighted by molar-refractivity contribution is 6.35. The van der Waals surface area contributed by atoms with Gasteiger partial charge in [-0.3, -0.25) is 14.4 Å². The first-order valence-electron chi connectivity index (χ1n) is 11.5. The van der Waals surface area contributed by atoms with Crippen molar-refractivity contribution in [3.63, 3.8) is 0 Å². The Hall–Kier alpha value is -2.37. The van der Waals surface area contributed by atoms with E-state index in [-0.39, 0.29) is 11.3 Å². The van der Waals surface area contributed by atoms with Gasteiger partial charge in [-0.1, -0.05) is 56.5 Å². The first-order valence-corrected chi connectivity index (χ1v) is 11.5. The number of carbonyl (C=O) groups excluding carboxylic acids is 3. The molecule has 3 fully saturated rings. The second kappa shape index (κ2) is 8.78. The number of hydrogen-bond acceptors (Lipinski definition) is 3. The number of piperazine rings is 1. The van der Waals surface area contributed by atoms with Gasteiger partial charge in [0.15, 0.2) is 0 Å². The molecule has 1 aromatic carbocycles. The van der Waals surface area contributed by atoms with Crippen molar-refractivity contribution < 1.29 is 14.4 Å². The fourth-order valence-corrected chi connectivity index (χ4v) is 5.42. The van der Waals surface area contributed by atoms with Crippen LogP contribution in [0, 0.1) is 5.41 Å². The summed E-state index contributed by atoms with van der Waals surface area (Å²) in [5, 5.41) is 0. The van der Waals surface area contributed by atoms with Crippen LogP contribution < -0.4 is 0 Å². The molecule has 4 rings (SSSR count). The summed E-state index contributed by atoms with van der Waals surface area (Å²) in [7, 11) is 0. The smallest absolute Gasteiger partial charge is 0.313 e. The van der Waals surface area contributed by atoms with Crippen LogP contribution in [-0.2, 0) is 14.4 Å². The average molecular weight is 412 g/mol. The van der Waals surface area contributed by atoms with Gasteiger partial charge in [0, 0.05) is 32.7 Å². The first-order chi connectivity index (χ1) is 14.5. The van der Waals surface area contributed by atoms with E-state index in [1.54, 1.807) is 4.90 Å². The summed E-state index contributed by atoms with van der Waals surface area (Å²) in [6, 6.07) is 8.76. The molecule has 0 N–H and O–H groups in total. The fraction of sp³-hybridized carbons (Fsp3) is 0.625. The zero-order valence-corrected chi connectivity index (χ0v) is 18.0. The monoisotopic (exact) mass is 411 g/mol. The lowest BCUT2D eigenvalue weighted by Crippen LogP contribution is -2.57. The Morgan fingerprint density at radius 1 is 1.00 bits per heavy atom. The topological polar surface area (TPSA) is 60.9 Å². The van der Waals surface area contributed by atoms with Gasteiger partial charge in [-0.05, 0) is 36.7 Å². The molecule has 1 atom stereocenters. The molecular weight excluding hydrogens is 378 g/mol. The molecule has 1 unspecified atom stereocenters. The van der Waals surface area contributed by atoms with E-state index < -0.39 is 17.9 Å². The molecule has 3 amide bonds. The zero-order chi connectivity index (χ0) is 21.1. The van der Waals surface area contributed by atoms with Gasteiger partial charge >= 0.3 is 11.8 Å². The number of nitrogens with zero attached hydrogens (tertiary/aromatic N) is 3. The summed E-state index contributed by atoms with van der Waals surface area (Å²) in [6.45, 7) is 5.10. The van der Waals surface area contributed by atoms with E-state index in [0.29, 0.717) is 19.6 Å². The third-order valence-electron chi connectivity index (χ3n) is 7.20. The van der Waals surface area contributed by atoms with Crippen LogP contribution in [0.5, 0.6) is 0 Å². The average Bonchev–Trinajstić information content (AvgIpc) is 3.41. The number of hydrogen-bond donors (Lipinski definition) is 0. The Morgan fingerprint density at radius 2 is 1.73 bits per heavy atom. The SMILES string of the molecule is CCCCN1CCN(C(C(=O)N2CCC3(CCCC3)C2)c2ccccc2)C(=O)C1=O. The van der Waals surface area contributed by atoms with Crippen molar-refractivity contribution >= 4 is 17.7 Å². The van der Waals surface area contributed by atoms with Crippen LogP contribution in [0.3, 0.4) is 0 Å². The summed E-state index contributed by atoms with van der Waals surface area (Å²) < 4.78 is 0. The molecule has 6 nitrogen and oxygen atoms in total. The maximum Gasteiger partial charge on any atom is 0.313 e. The summed E-state index contributed by atoms with van der Waals surface area (Å²) in [5.41, 5.74) is 1.06. The van der Waals surface area contributed by atoms with Gasteiger partial charge in [0.1, 0.15) is 6.04 Å². The minimum Gasteiger partial charge on any atom is -0.340 e. The second-order valence-electron chi connectivity index (χ2n) is 9.17. The number of likely N-dealkylation sites (tertiary alicyclic amines) is 1. The number of benzene rings is 1. The van der Waals surface area contributed by atoms with Gasteiger partial charge in [0.2, 0.25) is 5.91 Å². The van der Waals surface area contributed by atoms with Crippen LogP contribution in [0.2, 0.25) is 0 Å². The second-order valence-corrected chi connectivity index (χ2v) is 9.17. The molecule has 2 saturated heterocycles. The Labute approximate surface area is 179 Å². The van der Waals surface area contributed by atoms with E-state index in [2.05, 4.69) is 6.92 Å². The molecule has 6 heteroatoms. The van der Waals surface area contributed by atoms with Gasteiger partial charge in [0.25, 0.3) is 0 Å². The number of carbonyl (C=O) groups is 3. The summed E-state index contributed by atoms with van der Waals surface area (Å²) in [4.78, 5) is 44.6. The molecule has 1 saturated carbocycles. The van der Waals surface area contributed by atoms with E-state index in [1.807, 2.05) is 35.2 Å². The van der Waals surface area contributed by atoms with Crippen molar-refractivity contribution in [1.82, 2.24) is 14.7 Å². The van der Waals surface area contributed by atoms with Gasteiger partial charge in [-0.2, -0.15) is 0 Å². The van der Waals surface area contributed by atoms with E-state index in [4.69, 9.17) is 0 Å². The molecule has 1 spiro atoms. The third kappa shape index (κ3) is 3.96. The molecule has 30 heavy (non-hydrogen) atoms. The summed E-state index contributed by atoms with van der Waals surface area (Å²) in [5.74, 6) is -1.06. The predicted molar refractivity (Wildman–Crippen MR) is 114 cm³/mol. The van der Waals surface area contributed by atoms with E-state index >= 15 is 0 Å². The maximum absolute atomic E-state index is 13.7. The number of amides is 3. The lowest BCUT2D eigenvalue weighted by Gasteiger charge is -2.39. The quantitative estimate of drug-likeness (QED) is 0.676. The van der Waals surface area contributed by atoms with Crippen LogP contribution in [0.25, 0.3) is 0 Å². The molecule has 0 radical (unpaired) electrons. The minimum absolute atomic E-state index is 0.0341. The lowest BCUT2D eigenvalue weighted by molar-refractivity contribution is -0.161. The highest BCUT2D eigenvalue weighted by Gasteiger charge is 2.46. The van der Waals surface area contributed by atoms with E-state index in [1.165, 1.54) is 30.6 Å². The molecule has 2 heterocycles. The van der Waals surface area contributed by atoms with Crippen LogP contribution >= 0.6 is 0 Å². The minimum atomic E-state index is -0.715. The molecule has 0 aromatic heterocycles. The largest absolute Gasteiger partial charge is 0.340 e. The van der Waals surface area contributed by atoms with Crippen LogP contribution in [0.15, 0.2) is 30.3 Å². The van der Waals surface area contributed by atoms with Crippen LogP contribution in [-0.4, -0.2) is 65.1 Å². The van der Waals surface area contributed by atoms with Gasteiger partial charge in [0.05, 0.1) is 0 Å². The third-order valence-corrected chi connectivity index (χ3v) is 7.20. The van der Waals surface area contributed by atoms with Gasteiger partial charge in [-0.15, -0.1) is 0 Å². The molecule has 1 aromatic rings. The lowest BCUT2D eigenvalue weighted by atomic mass is 9.86. The first kappa shape index (κ1) is 20.9. The van der Waals surface area contributed by atoms with Gasteiger partial charge < -0.3 is 14.7 Å². The van der Waals surface area contributed by atoms with Crippen molar-refractivity contribution in [2.45, 2.75) is 57.9 Å². The van der Waals surface area contributed by atoms with Crippen molar-refractivity contribution in [2.75, 3.05) is 32.7 Å². The van der Waals surface area contributed by atoms with Gasteiger partial charge in [-0.25, -0.2) is 0 Å². The Balaban J connectivity index is 1.56. The van der Waals surface area contributed by atoms with Crippen molar-refractivity contribution in [2.24, 2.45) is 5.41 Å². The maximum atomic E-state index is 13.7. The highest BCUT2D eigenvalue weighted by atomic mass is 16.2. The normalized spacial score (nSPS) is 22.2. The molecule has 0 bridgehead atoms. The predicted octanol–water partition coefficient (Wildman–Crippen LogP) is 2.99. The molecule has 3 aliphatic rings. The summed E-state index contributed by atoms with van der Waals surface area (Å²) in [6.07, 6.45) is 7.80. The molecule has 2 aliphatic heterocycles. The Bertz CT molecular complexity index is 788.